The molecule has 0 aromatic heterocycles. The summed E-state index contributed by atoms with van der Waals surface area (Å²) in [5.74, 6) is -1.76. The lowest BCUT2D eigenvalue weighted by Gasteiger charge is -2.55. The van der Waals surface area contributed by atoms with Crippen LogP contribution in [0, 0.1) is 0 Å². The van der Waals surface area contributed by atoms with Crippen LogP contribution in [-0.2, 0) is 18.9 Å². The van der Waals surface area contributed by atoms with Gasteiger partial charge in [0.1, 0.15) is 18.3 Å². The molecular formula is C15H26N2O7. The lowest BCUT2D eigenvalue weighted by Crippen LogP contribution is -2.76. The maximum absolute atomic E-state index is 10.9. The van der Waals surface area contributed by atoms with Crippen LogP contribution in [0.1, 0.15) is 6.92 Å². The normalized spacial score (nSPS) is 51.4. The van der Waals surface area contributed by atoms with E-state index in [1.807, 2.05) is 0 Å². The minimum absolute atomic E-state index is 0.180. The molecule has 9 heteroatoms. The van der Waals surface area contributed by atoms with E-state index in [9.17, 15) is 15.3 Å². The number of likely N-dealkylation sites (N-methyl/N-ethyl adjacent to an activating group) is 2. The molecule has 0 bridgehead atoms. The van der Waals surface area contributed by atoms with Crippen molar-refractivity contribution in [1.82, 2.24) is 10.6 Å². The molecule has 2 aliphatic heterocycles. The number of rotatable bonds is 3. The second-order valence-corrected chi connectivity index (χ2v) is 6.40. The molecule has 2 heterocycles. The quantitative estimate of drug-likeness (QED) is 0.382. The Morgan fingerprint density at radius 2 is 1.75 bits per heavy atom. The summed E-state index contributed by atoms with van der Waals surface area (Å²) in [5, 5.41) is 37.9. The van der Waals surface area contributed by atoms with Crippen molar-refractivity contribution in [3.05, 3.63) is 11.8 Å². The van der Waals surface area contributed by atoms with Crippen LogP contribution in [0.15, 0.2) is 11.8 Å². The summed E-state index contributed by atoms with van der Waals surface area (Å²) in [7, 11) is 4.74. The molecule has 3 unspecified atom stereocenters. The fraction of sp³-hybridized carbons (Fsp3) is 0.867. The molecule has 0 spiro atoms. The Morgan fingerprint density at radius 1 is 1.08 bits per heavy atom. The van der Waals surface area contributed by atoms with Crippen LogP contribution in [-0.4, -0.2) is 91.2 Å². The Hall–Kier alpha value is -0.780. The topological polar surface area (TPSA) is 122 Å². The number of hydrogen-bond donors (Lipinski definition) is 5. The molecule has 1 saturated carbocycles. The van der Waals surface area contributed by atoms with Gasteiger partial charge in [-0.15, -0.1) is 0 Å². The van der Waals surface area contributed by atoms with Gasteiger partial charge in [0.05, 0.1) is 31.4 Å². The number of fused-ring (bicyclic) bond motifs is 2. The van der Waals surface area contributed by atoms with E-state index in [1.165, 1.54) is 7.11 Å². The summed E-state index contributed by atoms with van der Waals surface area (Å²) < 4.78 is 22.6. The van der Waals surface area contributed by atoms with Gasteiger partial charge >= 0.3 is 0 Å². The fourth-order valence-corrected chi connectivity index (χ4v) is 3.78. The van der Waals surface area contributed by atoms with Gasteiger partial charge < -0.3 is 44.9 Å². The van der Waals surface area contributed by atoms with Gasteiger partial charge in [-0.2, -0.15) is 0 Å². The third-order valence-corrected chi connectivity index (χ3v) is 5.00. The zero-order valence-electron chi connectivity index (χ0n) is 14.2. The maximum Gasteiger partial charge on any atom is 0.278 e. The average Bonchev–Trinajstić information content (AvgIpc) is 2.54. The number of hydrogen-bond acceptors (Lipinski definition) is 9. The highest BCUT2D eigenvalue weighted by molar-refractivity contribution is 5.17. The van der Waals surface area contributed by atoms with Crippen LogP contribution in [0.2, 0.25) is 0 Å². The van der Waals surface area contributed by atoms with E-state index in [2.05, 4.69) is 10.6 Å². The first kappa shape index (κ1) is 18.0. The lowest BCUT2D eigenvalue weighted by molar-refractivity contribution is -0.426. The number of methoxy groups -OCH3 is 1. The van der Waals surface area contributed by atoms with Crippen LogP contribution >= 0.6 is 0 Å². The van der Waals surface area contributed by atoms with Crippen molar-refractivity contribution in [2.24, 2.45) is 0 Å². The van der Waals surface area contributed by atoms with Crippen molar-refractivity contribution in [1.29, 1.82) is 0 Å². The zero-order valence-corrected chi connectivity index (χ0v) is 14.2. The van der Waals surface area contributed by atoms with E-state index in [1.54, 1.807) is 27.1 Å². The largest absolute Gasteiger partial charge is 0.495 e. The molecule has 0 amide bonds. The van der Waals surface area contributed by atoms with Crippen LogP contribution in [0.3, 0.4) is 0 Å². The molecule has 2 fully saturated rings. The molecule has 3 rings (SSSR count). The average molecular weight is 346 g/mol. The predicted octanol–water partition coefficient (Wildman–Crippen LogP) is -2.35. The first-order valence-electron chi connectivity index (χ1n) is 8.05. The monoisotopic (exact) mass is 346 g/mol. The van der Waals surface area contributed by atoms with Crippen molar-refractivity contribution in [3.8, 4) is 0 Å². The summed E-state index contributed by atoms with van der Waals surface area (Å²) in [6, 6.07) is -1.18. The summed E-state index contributed by atoms with van der Waals surface area (Å²) in [5.41, 5.74) is 0. The van der Waals surface area contributed by atoms with E-state index in [4.69, 9.17) is 18.9 Å². The summed E-state index contributed by atoms with van der Waals surface area (Å²) >= 11 is 0. The Bertz CT molecular complexity index is 504. The highest BCUT2D eigenvalue weighted by Crippen LogP contribution is 2.42. The van der Waals surface area contributed by atoms with E-state index >= 15 is 0 Å². The number of ether oxygens (including phenoxy) is 4. The molecule has 3 aliphatic rings. The van der Waals surface area contributed by atoms with Gasteiger partial charge in [0.2, 0.25) is 6.29 Å². The van der Waals surface area contributed by atoms with Crippen molar-refractivity contribution in [2.75, 3.05) is 21.2 Å². The molecule has 24 heavy (non-hydrogen) atoms. The van der Waals surface area contributed by atoms with Crippen LogP contribution in [0.4, 0.5) is 0 Å². The van der Waals surface area contributed by atoms with Gasteiger partial charge in [-0.1, -0.05) is 0 Å². The first-order chi connectivity index (χ1) is 11.4. The molecule has 9 atom stereocenters. The second kappa shape index (κ2) is 6.50. The highest BCUT2D eigenvalue weighted by Gasteiger charge is 2.62. The van der Waals surface area contributed by atoms with Gasteiger partial charge in [-0.05, 0) is 27.1 Å². The number of aliphatic hydroxyl groups is 3. The smallest absolute Gasteiger partial charge is 0.278 e. The minimum atomic E-state index is -1.94. The zero-order chi connectivity index (χ0) is 17.6. The standard InChI is InChI=1S/C15H26N2O7/c1-6-5-7(21-4)15(20)14(22-6)23-13-11(19)8(16-2)10(18)9(17-3)12(13)24-15/h5-6,8-14,16-20H,1-4H3/t6-,8-,9+,10+,11+,12?,13?,14?,15+/m1/s1. The molecule has 9 nitrogen and oxygen atoms in total. The third-order valence-electron chi connectivity index (χ3n) is 5.00. The fourth-order valence-electron chi connectivity index (χ4n) is 3.78. The van der Waals surface area contributed by atoms with Gasteiger partial charge in [-0.3, -0.25) is 0 Å². The molecule has 1 aliphatic carbocycles. The Kier molecular flexibility index (Phi) is 4.89. The Balaban J connectivity index is 1.96. The van der Waals surface area contributed by atoms with Crippen molar-refractivity contribution in [2.45, 2.75) is 61.6 Å². The molecule has 138 valence electrons. The second-order valence-electron chi connectivity index (χ2n) is 6.40. The summed E-state index contributed by atoms with van der Waals surface area (Å²) in [4.78, 5) is 0. The number of nitrogens with one attached hydrogen (secondary N) is 2. The van der Waals surface area contributed by atoms with Crippen molar-refractivity contribution < 1.29 is 34.3 Å². The predicted molar refractivity (Wildman–Crippen MR) is 81.8 cm³/mol. The lowest BCUT2D eigenvalue weighted by atomic mass is 9.80. The van der Waals surface area contributed by atoms with Crippen molar-refractivity contribution in [3.63, 3.8) is 0 Å². The van der Waals surface area contributed by atoms with E-state index in [-0.39, 0.29) is 11.9 Å². The van der Waals surface area contributed by atoms with Gasteiger partial charge in [-0.25, -0.2) is 0 Å². The van der Waals surface area contributed by atoms with E-state index in [0.717, 1.165) is 0 Å². The molecule has 0 aromatic carbocycles. The van der Waals surface area contributed by atoms with Crippen LogP contribution in [0.5, 0.6) is 0 Å². The van der Waals surface area contributed by atoms with Gasteiger partial charge in [0.15, 0.2) is 5.76 Å². The van der Waals surface area contributed by atoms with Gasteiger partial charge in [0, 0.05) is 0 Å². The van der Waals surface area contributed by atoms with Gasteiger partial charge in [0.25, 0.3) is 5.79 Å². The summed E-state index contributed by atoms with van der Waals surface area (Å²) in [6.45, 7) is 1.78. The van der Waals surface area contributed by atoms with E-state index in [0.29, 0.717) is 0 Å². The van der Waals surface area contributed by atoms with Crippen LogP contribution in [0.25, 0.3) is 0 Å². The minimum Gasteiger partial charge on any atom is -0.495 e. The van der Waals surface area contributed by atoms with E-state index < -0.39 is 48.6 Å². The highest BCUT2D eigenvalue weighted by atomic mass is 16.8. The van der Waals surface area contributed by atoms with Crippen molar-refractivity contribution >= 4 is 0 Å². The molecule has 0 radical (unpaired) electrons. The molecule has 5 N–H and O–H groups in total. The number of aliphatic hydroxyl groups excluding tert-OH is 2. The molecule has 1 saturated heterocycles. The molecule has 0 aromatic rings. The maximum atomic E-state index is 10.9. The Labute approximate surface area is 140 Å². The SMILES string of the molecule is CN[C@@H]1[C@H](O)[C@H](NC)C2O[C@@]3(O)C(OC)=C[C@@H](C)OC3OC2[C@H]1O. The first-order valence-corrected chi connectivity index (χ1v) is 8.05. The molecular weight excluding hydrogens is 320 g/mol. The Morgan fingerprint density at radius 3 is 2.33 bits per heavy atom. The summed E-state index contributed by atoms with van der Waals surface area (Å²) in [6.07, 6.45) is -3.48. The third kappa shape index (κ3) is 2.56. The van der Waals surface area contributed by atoms with Crippen LogP contribution < -0.4 is 10.6 Å².